The van der Waals surface area contributed by atoms with E-state index in [1.165, 1.54) is 0 Å². The molecule has 0 spiro atoms. The van der Waals surface area contributed by atoms with Crippen LogP contribution in [0.1, 0.15) is 37.6 Å². The first-order valence-corrected chi connectivity index (χ1v) is 8.39. The Bertz CT molecular complexity index is 892. The smallest absolute Gasteiger partial charge is 0.714 e. The fourth-order valence-electron chi connectivity index (χ4n) is 2.66. The summed E-state index contributed by atoms with van der Waals surface area (Å²) >= 11 is 6.20. The van der Waals surface area contributed by atoms with Crippen molar-refractivity contribution in [3.63, 3.8) is 0 Å². The molecule has 0 aliphatic carbocycles. The Hall–Kier alpha value is -0.00364. The van der Waals surface area contributed by atoms with Crippen LogP contribution < -0.4 is 51.4 Å². The molecule has 2 aromatic rings. The number of halogens is 1. The van der Waals surface area contributed by atoms with Crippen molar-refractivity contribution in [2.75, 3.05) is 0 Å². The number of benzene rings is 1. The van der Waals surface area contributed by atoms with Crippen LogP contribution in [0.3, 0.4) is 0 Å². The van der Waals surface area contributed by atoms with Crippen LogP contribution in [-0.2, 0) is 21.2 Å². The molecule has 0 unspecified atom stereocenters. The number of oxime groups is 1. The molecule has 10 heteroatoms. The van der Waals surface area contributed by atoms with E-state index in [1.54, 1.807) is 12.1 Å². The van der Waals surface area contributed by atoms with Gasteiger partial charge in [-0.1, -0.05) is 30.6 Å². The second-order valence-corrected chi connectivity index (χ2v) is 6.71. The molecule has 1 aromatic carbocycles. The minimum atomic E-state index is -4.87. The third-order valence-corrected chi connectivity index (χ3v) is 4.08. The van der Waals surface area contributed by atoms with Gasteiger partial charge in [0.1, 0.15) is 11.3 Å². The van der Waals surface area contributed by atoms with Crippen LogP contribution >= 0.6 is 11.6 Å². The standard InChI is InChI=1S/C13H14ClN3O4S.K/c1-7(2)13-15-11-9(14)4-3-8-10(16-21-22(18,19)20)5-6-17(13)12(8)11;/h3-4,7H,5-6H2,1-2H3,(H,18,19,20);/q;+1/p-1/b16-10-;. The van der Waals surface area contributed by atoms with Gasteiger partial charge in [0.25, 0.3) is 10.4 Å². The number of rotatable bonds is 3. The van der Waals surface area contributed by atoms with Gasteiger partial charge in [0.15, 0.2) is 0 Å². The minimum absolute atomic E-state index is 0. The number of aromatic nitrogens is 2. The molecule has 1 aliphatic rings. The van der Waals surface area contributed by atoms with Crippen LogP contribution in [0.15, 0.2) is 17.3 Å². The van der Waals surface area contributed by atoms with Gasteiger partial charge in [-0.25, -0.2) is 4.98 Å². The van der Waals surface area contributed by atoms with Crippen LogP contribution in [0.25, 0.3) is 11.0 Å². The van der Waals surface area contributed by atoms with Crippen molar-refractivity contribution < 1.29 is 68.6 Å². The van der Waals surface area contributed by atoms with Crippen LogP contribution in [-0.4, -0.2) is 28.2 Å². The van der Waals surface area contributed by atoms with Crippen molar-refractivity contribution in [1.82, 2.24) is 9.55 Å². The number of nitrogens with zero attached hydrogens (tertiary/aromatic N) is 3. The van der Waals surface area contributed by atoms with E-state index in [1.807, 2.05) is 18.4 Å². The van der Waals surface area contributed by atoms with Crippen LogP contribution in [0.4, 0.5) is 0 Å². The molecule has 7 nitrogen and oxygen atoms in total. The first kappa shape index (κ1) is 19.3. The fraction of sp³-hybridized carbons (Fsp3) is 0.385. The van der Waals surface area contributed by atoms with Gasteiger partial charge in [-0.2, -0.15) is 8.42 Å². The first-order chi connectivity index (χ1) is 10.3. The Labute approximate surface area is 181 Å². The van der Waals surface area contributed by atoms with Crippen molar-refractivity contribution in [1.29, 1.82) is 0 Å². The Morgan fingerprint density at radius 1 is 1.43 bits per heavy atom. The Balaban J connectivity index is 0.00000192. The van der Waals surface area contributed by atoms with Gasteiger partial charge in [0.05, 0.1) is 16.3 Å². The molecule has 0 amide bonds. The second kappa shape index (κ2) is 7.08. The zero-order chi connectivity index (χ0) is 16.1. The molecule has 0 saturated heterocycles. The van der Waals surface area contributed by atoms with Crippen molar-refractivity contribution in [2.24, 2.45) is 5.16 Å². The van der Waals surface area contributed by atoms with E-state index in [-0.39, 0.29) is 57.3 Å². The summed E-state index contributed by atoms with van der Waals surface area (Å²) < 4.78 is 37.8. The van der Waals surface area contributed by atoms with E-state index in [9.17, 15) is 13.0 Å². The van der Waals surface area contributed by atoms with Crippen molar-refractivity contribution in [3.8, 4) is 0 Å². The summed E-state index contributed by atoms with van der Waals surface area (Å²) in [6, 6.07) is 3.40. The number of hydrogen-bond acceptors (Lipinski definition) is 6. The SMILES string of the molecule is CC(C)c1nc2c(Cl)ccc3c2n1CC/C3=N/OS(=O)(=O)[O-].[K+]. The molecule has 3 rings (SSSR count). The number of imidazole rings is 1. The largest absolute Gasteiger partial charge is 1.00 e. The zero-order valence-electron chi connectivity index (χ0n) is 12.9. The monoisotopic (exact) mass is 381 g/mol. The maximum Gasteiger partial charge on any atom is 1.00 e. The Morgan fingerprint density at radius 3 is 2.74 bits per heavy atom. The van der Waals surface area contributed by atoms with E-state index in [0.717, 1.165) is 11.3 Å². The summed E-state index contributed by atoms with van der Waals surface area (Å²) in [5.41, 5.74) is 2.49. The predicted molar refractivity (Wildman–Crippen MR) is 80.8 cm³/mol. The average molecular weight is 382 g/mol. The van der Waals surface area contributed by atoms with Gasteiger partial charge in [0, 0.05) is 24.4 Å². The summed E-state index contributed by atoms with van der Waals surface area (Å²) in [5, 5.41) is 4.01. The molecule has 0 fully saturated rings. The van der Waals surface area contributed by atoms with E-state index in [4.69, 9.17) is 11.6 Å². The molecule has 0 N–H and O–H groups in total. The van der Waals surface area contributed by atoms with Gasteiger partial charge in [-0.15, -0.1) is 0 Å². The zero-order valence-corrected chi connectivity index (χ0v) is 17.6. The maximum atomic E-state index is 10.6. The molecule has 23 heavy (non-hydrogen) atoms. The Morgan fingerprint density at radius 2 is 2.13 bits per heavy atom. The molecule has 0 bridgehead atoms. The summed E-state index contributed by atoms with van der Waals surface area (Å²) in [5.74, 6) is 1.12. The first-order valence-electron chi connectivity index (χ1n) is 6.68. The average Bonchev–Trinajstić information content (AvgIpc) is 2.82. The van der Waals surface area contributed by atoms with Gasteiger partial charge >= 0.3 is 51.4 Å². The normalized spacial score (nSPS) is 16.0. The van der Waals surface area contributed by atoms with Crippen molar-refractivity contribution in [3.05, 3.63) is 28.5 Å². The van der Waals surface area contributed by atoms with Crippen LogP contribution in [0.2, 0.25) is 5.02 Å². The van der Waals surface area contributed by atoms with E-state index < -0.39 is 10.4 Å². The topological polar surface area (TPSA) is 96.6 Å². The summed E-state index contributed by atoms with van der Waals surface area (Å²) in [6.07, 6.45) is 0.440. The quantitative estimate of drug-likeness (QED) is 0.306. The minimum Gasteiger partial charge on any atom is -0.714 e. The molecular formula is C13H13ClKN3O4S. The second-order valence-electron chi connectivity index (χ2n) is 5.34. The predicted octanol–water partition coefficient (Wildman–Crippen LogP) is -0.598. The summed E-state index contributed by atoms with van der Waals surface area (Å²) in [7, 11) is -4.87. The van der Waals surface area contributed by atoms with Gasteiger partial charge in [-0.05, 0) is 12.1 Å². The molecule has 2 heterocycles. The van der Waals surface area contributed by atoms with E-state index in [2.05, 4.69) is 14.4 Å². The maximum absolute atomic E-state index is 10.6. The third-order valence-electron chi connectivity index (χ3n) is 3.51. The van der Waals surface area contributed by atoms with E-state index >= 15 is 0 Å². The van der Waals surface area contributed by atoms with Crippen LogP contribution in [0.5, 0.6) is 0 Å². The Kier molecular flexibility index (Phi) is 5.95. The van der Waals surface area contributed by atoms with Gasteiger partial charge in [0.2, 0.25) is 0 Å². The third kappa shape index (κ3) is 3.82. The van der Waals surface area contributed by atoms with Gasteiger partial charge < -0.3 is 9.12 Å². The molecule has 0 saturated carbocycles. The molecule has 1 aromatic heterocycles. The van der Waals surface area contributed by atoms with Crippen molar-refractivity contribution in [2.45, 2.75) is 32.7 Å². The van der Waals surface area contributed by atoms with Crippen molar-refractivity contribution >= 4 is 38.7 Å². The van der Waals surface area contributed by atoms with E-state index in [0.29, 0.717) is 34.8 Å². The molecule has 0 atom stereocenters. The molecule has 118 valence electrons. The fourth-order valence-corrected chi connectivity index (χ4v) is 3.04. The molecule has 0 radical (unpaired) electrons. The van der Waals surface area contributed by atoms with Crippen LogP contribution in [0, 0.1) is 0 Å². The van der Waals surface area contributed by atoms with Gasteiger partial charge in [-0.3, -0.25) is 4.28 Å². The number of aryl methyl sites for hydroxylation is 1. The molecular weight excluding hydrogens is 369 g/mol. The summed E-state index contributed by atoms with van der Waals surface area (Å²) in [6.45, 7) is 4.64. The number of hydrogen-bond donors (Lipinski definition) is 0. The summed E-state index contributed by atoms with van der Waals surface area (Å²) in [4.78, 5) is 4.58. The molecule has 1 aliphatic heterocycles.